The topological polar surface area (TPSA) is 55.1 Å². The Morgan fingerprint density at radius 3 is 2.58 bits per heavy atom. The Morgan fingerprint density at radius 2 is 1.84 bits per heavy atom. The third-order valence-electron chi connectivity index (χ3n) is 3.43. The van der Waals surface area contributed by atoms with Gasteiger partial charge in [0.1, 0.15) is 0 Å². The molecule has 2 rings (SSSR count). The summed E-state index contributed by atoms with van der Waals surface area (Å²) < 4.78 is 0. The van der Waals surface area contributed by atoms with E-state index < -0.39 is 0 Å². The zero-order chi connectivity index (χ0) is 13.9. The average Bonchev–Trinajstić information content (AvgIpc) is 2.44. The lowest BCUT2D eigenvalue weighted by molar-refractivity contribution is -0.119. The highest BCUT2D eigenvalue weighted by Gasteiger charge is 2.23. The molecule has 0 spiro atoms. The summed E-state index contributed by atoms with van der Waals surface area (Å²) >= 11 is 0. The van der Waals surface area contributed by atoms with E-state index in [0.29, 0.717) is 6.54 Å². The molecule has 0 atom stereocenters. The number of nitrogens with two attached hydrogens (primary N) is 1. The Hall–Kier alpha value is -1.87. The van der Waals surface area contributed by atoms with E-state index in [0.717, 1.165) is 0 Å². The van der Waals surface area contributed by atoms with Crippen LogP contribution in [-0.2, 0) is 10.2 Å². The molecule has 2 aromatic carbocycles. The first kappa shape index (κ1) is 13.6. The van der Waals surface area contributed by atoms with Gasteiger partial charge in [-0.05, 0) is 16.3 Å². The molecule has 0 aromatic heterocycles. The fraction of sp³-hybridized carbons (Fsp3) is 0.312. The molecule has 0 heterocycles. The SMILES string of the molecule is CC(C)(CNC(=O)CN)c1cccc2ccccc12. The maximum Gasteiger partial charge on any atom is 0.233 e. The van der Waals surface area contributed by atoms with Gasteiger partial charge in [0.05, 0.1) is 6.54 Å². The van der Waals surface area contributed by atoms with Crippen LogP contribution in [0.25, 0.3) is 10.8 Å². The maximum absolute atomic E-state index is 11.3. The third-order valence-corrected chi connectivity index (χ3v) is 3.43. The van der Waals surface area contributed by atoms with Crippen molar-refractivity contribution in [3.63, 3.8) is 0 Å². The summed E-state index contributed by atoms with van der Waals surface area (Å²) in [5.74, 6) is -0.117. The molecule has 0 radical (unpaired) electrons. The molecule has 3 N–H and O–H groups in total. The van der Waals surface area contributed by atoms with Gasteiger partial charge in [-0.15, -0.1) is 0 Å². The molecule has 0 aliphatic rings. The summed E-state index contributed by atoms with van der Waals surface area (Å²) in [5, 5.41) is 5.33. The van der Waals surface area contributed by atoms with Gasteiger partial charge in [0.2, 0.25) is 5.91 Å². The van der Waals surface area contributed by atoms with Crippen LogP contribution in [0.4, 0.5) is 0 Å². The highest BCUT2D eigenvalue weighted by Crippen LogP contribution is 2.29. The predicted octanol–water partition coefficient (Wildman–Crippen LogP) is 2.19. The number of hydrogen-bond donors (Lipinski definition) is 2. The van der Waals surface area contributed by atoms with Crippen LogP contribution in [-0.4, -0.2) is 19.0 Å². The van der Waals surface area contributed by atoms with Crippen LogP contribution in [0, 0.1) is 0 Å². The summed E-state index contributed by atoms with van der Waals surface area (Å²) in [6.07, 6.45) is 0. The van der Waals surface area contributed by atoms with Gasteiger partial charge in [0.25, 0.3) is 0 Å². The lowest BCUT2D eigenvalue weighted by Crippen LogP contribution is -2.39. The second-order valence-electron chi connectivity index (χ2n) is 5.39. The molecule has 3 heteroatoms. The zero-order valence-electron chi connectivity index (χ0n) is 11.4. The summed E-state index contributed by atoms with van der Waals surface area (Å²) in [6.45, 7) is 4.87. The number of benzene rings is 2. The van der Waals surface area contributed by atoms with Crippen molar-refractivity contribution in [2.75, 3.05) is 13.1 Å². The number of rotatable bonds is 4. The number of amides is 1. The standard InChI is InChI=1S/C16H20N2O/c1-16(2,11-18-15(19)10-17)14-9-5-7-12-6-3-4-8-13(12)14/h3-9H,10-11,17H2,1-2H3,(H,18,19). The quantitative estimate of drug-likeness (QED) is 0.881. The van der Waals surface area contributed by atoms with Crippen molar-refractivity contribution >= 4 is 16.7 Å². The highest BCUT2D eigenvalue weighted by atomic mass is 16.1. The zero-order valence-corrected chi connectivity index (χ0v) is 11.4. The molecule has 100 valence electrons. The van der Waals surface area contributed by atoms with Crippen molar-refractivity contribution in [2.24, 2.45) is 5.73 Å². The number of fused-ring (bicyclic) bond motifs is 1. The number of hydrogen-bond acceptors (Lipinski definition) is 2. The van der Waals surface area contributed by atoms with E-state index in [1.807, 2.05) is 12.1 Å². The fourth-order valence-electron chi connectivity index (χ4n) is 2.30. The summed E-state index contributed by atoms with van der Waals surface area (Å²) in [6, 6.07) is 14.6. The molecule has 1 amide bonds. The second-order valence-corrected chi connectivity index (χ2v) is 5.39. The van der Waals surface area contributed by atoms with Gasteiger partial charge in [-0.1, -0.05) is 56.3 Å². The predicted molar refractivity (Wildman–Crippen MR) is 79.0 cm³/mol. The molecule has 3 nitrogen and oxygen atoms in total. The second kappa shape index (κ2) is 5.41. The first-order valence-electron chi connectivity index (χ1n) is 6.49. The average molecular weight is 256 g/mol. The largest absolute Gasteiger partial charge is 0.354 e. The van der Waals surface area contributed by atoms with Crippen molar-refractivity contribution in [2.45, 2.75) is 19.3 Å². The van der Waals surface area contributed by atoms with Crippen molar-refractivity contribution in [3.05, 3.63) is 48.0 Å². The molecule has 0 aliphatic carbocycles. The van der Waals surface area contributed by atoms with E-state index in [1.54, 1.807) is 0 Å². The molecule has 0 fully saturated rings. The van der Waals surface area contributed by atoms with Crippen LogP contribution in [0.2, 0.25) is 0 Å². The molecule has 2 aromatic rings. The van der Waals surface area contributed by atoms with E-state index in [1.165, 1.54) is 16.3 Å². The lowest BCUT2D eigenvalue weighted by Gasteiger charge is -2.27. The van der Waals surface area contributed by atoms with Crippen LogP contribution >= 0.6 is 0 Å². The van der Waals surface area contributed by atoms with Crippen molar-refractivity contribution in [1.82, 2.24) is 5.32 Å². The van der Waals surface area contributed by atoms with Gasteiger partial charge in [0.15, 0.2) is 0 Å². The Balaban J connectivity index is 2.34. The van der Waals surface area contributed by atoms with Gasteiger partial charge < -0.3 is 11.1 Å². The number of nitrogens with one attached hydrogen (secondary N) is 1. The number of carbonyl (C=O) groups is 1. The maximum atomic E-state index is 11.3. The summed E-state index contributed by atoms with van der Waals surface area (Å²) in [7, 11) is 0. The van der Waals surface area contributed by atoms with Crippen LogP contribution < -0.4 is 11.1 Å². The fourth-order valence-corrected chi connectivity index (χ4v) is 2.30. The summed E-state index contributed by atoms with van der Waals surface area (Å²) in [5.41, 5.74) is 6.42. The van der Waals surface area contributed by atoms with E-state index in [4.69, 9.17) is 5.73 Å². The first-order chi connectivity index (χ1) is 9.04. The molecular weight excluding hydrogens is 236 g/mol. The van der Waals surface area contributed by atoms with E-state index in [9.17, 15) is 4.79 Å². The molecule has 0 saturated heterocycles. The minimum absolute atomic E-state index is 0.0334. The molecule has 19 heavy (non-hydrogen) atoms. The van der Waals surface area contributed by atoms with Crippen LogP contribution in [0.15, 0.2) is 42.5 Å². The van der Waals surface area contributed by atoms with E-state index in [2.05, 4.69) is 49.5 Å². The Labute approximate surface area is 113 Å². The first-order valence-corrected chi connectivity index (χ1v) is 6.49. The van der Waals surface area contributed by atoms with Crippen molar-refractivity contribution in [1.29, 1.82) is 0 Å². The molecule has 0 saturated carbocycles. The lowest BCUT2D eigenvalue weighted by atomic mass is 9.81. The Bertz CT molecular complexity index is 585. The molecular formula is C16H20N2O. The minimum Gasteiger partial charge on any atom is -0.354 e. The molecule has 0 bridgehead atoms. The van der Waals surface area contributed by atoms with Gasteiger partial charge in [0, 0.05) is 12.0 Å². The van der Waals surface area contributed by atoms with Crippen molar-refractivity contribution < 1.29 is 4.79 Å². The van der Waals surface area contributed by atoms with Crippen molar-refractivity contribution in [3.8, 4) is 0 Å². The van der Waals surface area contributed by atoms with Gasteiger partial charge >= 0.3 is 0 Å². The van der Waals surface area contributed by atoms with Gasteiger partial charge in [-0.3, -0.25) is 4.79 Å². The van der Waals surface area contributed by atoms with Gasteiger partial charge in [-0.25, -0.2) is 0 Å². The molecule has 0 aliphatic heterocycles. The monoisotopic (exact) mass is 256 g/mol. The number of carbonyl (C=O) groups excluding carboxylic acids is 1. The summed E-state index contributed by atoms with van der Waals surface area (Å²) in [4.78, 5) is 11.3. The smallest absolute Gasteiger partial charge is 0.233 e. The van der Waals surface area contributed by atoms with E-state index in [-0.39, 0.29) is 17.9 Å². The molecule has 0 unspecified atom stereocenters. The van der Waals surface area contributed by atoms with Crippen LogP contribution in [0.3, 0.4) is 0 Å². The normalized spacial score (nSPS) is 11.5. The van der Waals surface area contributed by atoms with Crippen LogP contribution in [0.5, 0.6) is 0 Å². The highest BCUT2D eigenvalue weighted by molar-refractivity contribution is 5.86. The third kappa shape index (κ3) is 2.93. The van der Waals surface area contributed by atoms with Gasteiger partial charge in [-0.2, -0.15) is 0 Å². The minimum atomic E-state index is -0.133. The Morgan fingerprint density at radius 1 is 1.16 bits per heavy atom. The van der Waals surface area contributed by atoms with E-state index >= 15 is 0 Å². The Kier molecular flexibility index (Phi) is 3.86. The van der Waals surface area contributed by atoms with Crippen LogP contribution in [0.1, 0.15) is 19.4 Å².